The van der Waals surface area contributed by atoms with Crippen molar-refractivity contribution in [3.8, 4) is 0 Å². The number of rotatable bonds is 6. The number of allylic oxidation sites excluding steroid dienone is 6. The molecule has 3 rings (SSSR count). The van der Waals surface area contributed by atoms with E-state index in [1.807, 2.05) is 6.08 Å². The fourth-order valence-corrected chi connectivity index (χ4v) is 6.73. The summed E-state index contributed by atoms with van der Waals surface area (Å²) in [5.41, 5.74) is 11.5. The van der Waals surface area contributed by atoms with Gasteiger partial charge in [-0.3, -0.25) is 9.59 Å². The van der Waals surface area contributed by atoms with Crippen LogP contribution in [0, 0.1) is 5.92 Å². The molecule has 17 heteroatoms. The van der Waals surface area contributed by atoms with Crippen molar-refractivity contribution in [3.63, 3.8) is 0 Å². The number of nitrogens with one attached hydrogen (secondary N) is 2. The van der Waals surface area contributed by atoms with Gasteiger partial charge in [0.25, 0.3) is 0 Å². The zero-order valence-electron chi connectivity index (χ0n) is 31.7. The zero-order valence-corrected chi connectivity index (χ0v) is 31.7. The summed E-state index contributed by atoms with van der Waals surface area (Å²) in [5.74, 6) is -3.86. The summed E-state index contributed by atoms with van der Waals surface area (Å²) in [7, 11) is 0. The minimum atomic E-state index is -2.08. The van der Waals surface area contributed by atoms with Gasteiger partial charge in [-0.05, 0) is 26.2 Å². The van der Waals surface area contributed by atoms with Gasteiger partial charge in [0.2, 0.25) is 0 Å². The Morgan fingerprint density at radius 2 is 1.73 bits per heavy atom. The van der Waals surface area contributed by atoms with Crippen LogP contribution in [0.3, 0.4) is 0 Å². The van der Waals surface area contributed by atoms with E-state index in [2.05, 4.69) is 10.6 Å². The molecule has 0 saturated carbocycles. The molecule has 0 radical (unpaired) electrons. The van der Waals surface area contributed by atoms with Crippen molar-refractivity contribution in [2.45, 2.75) is 145 Å². The van der Waals surface area contributed by atoms with Crippen LogP contribution >= 0.6 is 0 Å². The van der Waals surface area contributed by atoms with E-state index in [4.69, 9.17) is 30.4 Å². The number of carbonyl (C=O) groups excluding carboxylic acids is 3. The second-order valence-electron chi connectivity index (χ2n) is 14.5. The molecule has 3 aliphatic rings. The Hall–Kier alpha value is -3.07. The third-order valence-electron chi connectivity index (χ3n) is 9.76. The summed E-state index contributed by atoms with van der Waals surface area (Å²) in [6.07, 6.45) is 3.54. The maximum absolute atomic E-state index is 12.8. The van der Waals surface area contributed by atoms with Crippen molar-refractivity contribution in [1.29, 1.82) is 0 Å². The van der Waals surface area contributed by atoms with E-state index in [1.54, 1.807) is 56.4 Å². The minimum absolute atomic E-state index is 0.00165. The summed E-state index contributed by atoms with van der Waals surface area (Å²) in [6, 6.07) is -2.79. The normalized spacial score (nSPS) is 40.3. The van der Waals surface area contributed by atoms with E-state index in [0.717, 1.165) is 0 Å². The van der Waals surface area contributed by atoms with Crippen LogP contribution in [0.1, 0.15) is 71.6 Å². The Kier molecular flexibility index (Phi) is 19.6. The average molecular weight is 783 g/mol. The molecule has 55 heavy (non-hydrogen) atoms. The fourth-order valence-electron chi connectivity index (χ4n) is 6.73. The van der Waals surface area contributed by atoms with Crippen LogP contribution in [0.2, 0.25) is 0 Å². The van der Waals surface area contributed by atoms with Gasteiger partial charge in [0, 0.05) is 51.6 Å². The molecule has 3 heterocycles. The molecule has 0 unspecified atom stereocenters. The first-order valence-electron chi connectivity index (χ1n) is 19.1. The summed E-state index contributed by atoms with van der Waals surface area (Å²) >= 11 is 0. The predicted octanol–water partition coefficient (Wildman–Crippen LogP) is -0.540. The molecule has 0 aromatic carbocycles. The van der Waals surface area contributed by atoms with Gasteiger partial charge in [0.05, 0.1) is 61.2 Å². The molecular formula is C38H62N4O13. The third-order valence-corrected chi connectivity index (χ3v) is 9.76. The maximum atomic E-state index is 12.8. The number of aliphatic hydroxyl groups excluding tert-OH is 5. The SMILES string of the molecule is CC[C@@H]1C(=O)O[C@H](C)C/C=C/C=C/C=C/C=C/[C@H](O[C@@H]2OC[C@@H](O)[C@H](N)[C@@H]2O)C[C@@H]2O[C@](O)(C[C@@H](O)CCCC(=O)C[C@H]1O)C[C@H](O)[C@H]2NC(=O)NCCN. The number of esters is 1. The average Bonchev–Trinajstić information content (AvgIpc) is 3.11. The van der Waals surface area contributed by atoms with E-state index in [9.17, 15) is 45.0 Å². The van der Waals surface area contributed by atoms with E-state index in [1.165, 1.54) is 0 Å². The number of cyclic esters (lactones) is 1. The van der Waals surface area contributed by atoms with Gasteiger partial charge in [-0.25, -0.2) is 4.79 Å². The number of amides is 2. The van der Waals surface area contributed by atoms with E-state index >= 15 is 0 Å². The van der Waals surface area contributed by atoms with Crippen LogP contribution in [0.15, 0.2) is 48.6 Å². The number of carbonyl (C=O) groups is 3. The number of Topliss-reactive ketones (excluding diaryl/α,β-unsaturated/α-hetero) is 1. The first kappa shape index (κ1) is 46.3. The van der Waals surface area contributed by atoms with Gasteiger partial charge in [0.1, 0.15) is 18.0 Å². The van der Waals surface area contributed by atoms with Crippen LogP contribution in [0.25, 0.3) is 0 Å². The van der Waals surface area contributed by atoms with Crippen LogP contribution in [-0.4, -0.2) is 141 Å². The molecule has 2 fully saturated rings. The maximum Gasteiger partial charge on any atom is 0.315 e. The zero-order chi connectivity index (χ0) is 40.5. The number of urea groups is 1. The van der Waals surface area contributed by atoms with Gasteiger partial charge in [-0.15, -0.1) is 0 Å². The van der Waals surface area contributed by atoms with Crippen LogP contribution < -0.4 is 22.1 Å². The molecule has 0 aromatic rings. The summed E-state index contributed by atoms with van der Waals surface area (Å²) < 4.78 is 23.3. The van der Waals surface area contributed by atoms with Crippen molar-refractivity contribution in [3.05, 3.63) is 48.6 Å². The van der Waals surface area contributed by atoms with Gasteiger partial charge in [-0.1, -0.05) is 55.5 Å². The van der Waals surface area contributed by atoms with Gasteiger partial charge in [0.15, 0.2) is 12.1 Å². The molecule has 0 aliphatic carbocycles. The molecule has 17 nitrogen and oxygen atoms in total. The number of ketones is 1. The molecule has 12 N–H and O–H groups in total. The number of ether oxygens (including phenoxy) is 4. The predicted molar refractivity (Wildman–Crippen MR) is 200 cm³/mol. The lowest BCUT2D eigenvalue weighted by molar-refractivity contribution is -0.298. The molecule has 3 aliphatic heterocycles. The Morgan fingerprint density at radius 1 is 1.02 bits per heavy atom. The molecule has 312 valence electrons. The fraction of sp³-hybridized carbons (Fsp3) is 0.711. The Bertz CT molecular complexity index is 1330. The molecule has 0 spiro atoms. The molecule has 0 aromatic heterocycles. The van der Waals surface area contributed by atoms with Crippen LogP contribution in [0.4, 0.5) is 4.79 Å². The number of aliphatic hydroxyl groups is 6. The van der Waals surface area contributed by atoms with E-state index in [0.29, 0.717) is 6.42 Å². The molecule has 2 bridgehead atoms. The number of hydrogen-bond donors (Lipinski definition) is 10. The Labute approximate surface area is 322 Å². The highest BCUT2D eigenvalue weighted by Gasteiger charge is 2.48. The van der Waals surface area contributed by atoms with Crippen molar-refractivity contribution in [2.75, 3.05) is 19.7 Å². The third kappa shape index (κ3) is 15.4. The Balaban J connectivity index is 1.91. The summed E-state index contributed by atoms with van der Waals surface area (Å²) in [6.45, 7) is 3.57. The Morgan fingerprint density at radius 3 is 2.44 bits per heavy atom. The van der Waals surface area contributed by atoms with Crippen molar-refractivity contribution in [2.24, 2.45) is 17.4 Å². The number of hydrogen-bond acceptors (Lipinski definition) is 15. The minimum Gasteiger partial charge on any atom is -0.462 e. The highest BCUT2D eigenvalue weighted by molar-refractivity contribution is 5.80. The van der Waals surface area contributed by atoms with E-state index < -0.39 is 90.9 Å². The topological polar surface area (TPSA) is 286 Å². The molecule has 13 atom stereocenters. The molecule has 2 amide bonds. The van der Waals surface area contributed by atoms with Gasteiger partial charge in [-0.2, -0.15) is 0 Å². The van der Waals surface area contributed by atoms with Gasteiger partial charge >= 0.3 is 12.0 Å². The standard InChI is InChI=1S/C38H62N4O13/c1-3-27-28(45)18-24(43)13-11-14-25(44)20-38(51)21-29(46)33(42-37(50)41-17-16-39)31(55-38)19-26(54-36-34(48)32(40)30(47)22-52-36)15-10-8-6-4-5-7-9-12-23(2)53-35(27)49/h4-10,15,23,25-34,36,44-48,51H,3,11-14,16-22,39-40H2,1-2H3,(H2,41,42,50)/b5-4+,8-6+,9-7+,15-10+/t23-,25+,26+,27+,28-,29+,30-,31+,32+,33-,34+,36+,38-/m1/s1. The second kappa shape index (κ2) is 23.2. The summed E-state index contributed by atoms with van der Waals surface area (Å²) in [5, 5.41) is 70.7. The first-order valence-corrected chi connectivity index (χ1v) is 19.1. The lowest BCUT2D eigenvalue weighted by atomic mass is 9.87. The van der Waals surface area contributed by atoms with E-state index in [-0.39, 0.29) is 76.8 Å². The monoisotopic (exact) mass is 782 g/mol. The highest BCUT2D eigenvalue weighted by atomic mass is 16.7. The highest BCUT2D eigenvalue weighted by Crippen LogP contribution is 2.35. The number of nitrogens with two attached hydrogens (primary N) is 2. The number of fused-ring (bicyclic) bond motifs is 2. The molecule has 2 saturated heterocycles. The van der Waals surface area contributed by atoms with Crippen molar-refractivity contribution < 1.29 is 64.0 Å². The smallest absolute Gasteiger partial charge is 0.315 e. The lowest BCUT2D eigenvalue weighted by Crippen LogP contribution is -2.63. The molecular weight excluding hydrogens is 720 g/mol. The lowest BCUT2D eigenvalue weighted by Gasteiger charge is -2.46. The van der Waals surface area contributed by atoms with Crippen LogP contribution in [-0.2, 0) is 28.5 Å². The first-order chi connectivity index (χ1) is 26.2. The second-order valence-corrected chi connectivity index (χ2v) is 14.5. The summed E-state index contributed by atoms with van der Waals surface area (Å²) in [4.78, 5) is 38.3. The quantitative estimate of drug-likeness (QED) is 0.152. The largest absolute Gasteiger partial charge is 0.462 e. The van der Waals surface area contributed by atoms with Crippen molar-refractivity contribution in [1.82, 2.24) is 10.6 Å². The van der Waals surface area contributed by atoms with Gasteiger partial charge < -0.3 is 71.7 Å². The van der Waals surface area contributed by atoms with Crippen molar-refractivity contribution >= 4 is 17.8 Å². The van der Waals surface area contributed by atoms with Crippen LogP contribution in [0.5, 0.6) is 0 Å².